The number of amides is 1. The van der Waals surface area contributed by atoms with Crippen LogP contribution in [-0.2, 0) is 11.3 Å². The number of benzene rings is 2. The highest BCUT2D eigenvalue weighted by molar-refractivity contribution is 6.30. The third-order valence-corrected chi connectivity index (χ3v) is 5.05. The molecule has 0 unspecified atom stereocenters. The maximum absolute atomic E-state index is 12.6. The van der Waals surface area contributed by atoms with Crippen LogP contribution in [0.3, 0.4) is 0 Å². The Labute approximate surface area is 166 Å². The number of nitrogens with one attached hydrogen (secondary N) is 1. The van der Waals surface area contributed by atoms with Crippen molar-refractivity contribution in [1.29, 1.82) is 0 Å². The summed E-state index contributed by atoms with van der Waals surface area (Å²) in [5.74, 6) is 0.414. The quantitative estimate of drug-likeness (QED) is 0.748. The number of piperidine rings is 1. The van der Waals surface area contributed by atoms with Gasteiger partial charge in [0.1, 0.15) is 5.75 Å². The van der Waals surface area contributed by atoms with E-state index in [1.807, 2.05) is 12.1 Å². The molecule has 1 amide bonds. The topological polar surface area (TPSA) is 41.6 Å². The Kier molecular flexibility index (Phi) is 6.40. The fraction of sp³-hybridized carbons (Fsp3) is 0.409. The molecule has 144 valence electrons. The second kappa shape index (κ2) is 8.77. The highest BCUT2D eigenvalue weighted by Gasteiger charge is 2.30. The Morgan fingerprint density at radius 1 is 1.04 bits per heavy atom. The van der Waals surface area contributed by atoms with Gasteiger partial charge in [0.2, 0.25) is 0 Å². The van der Waals surface area contributed by atoms with Gasteiger partial charge in [-0.1, -0.05) is 30.2 Å². The number of likely N-dealkylation sites (tertiary alicyclic amines) is 1. The van der Waals surface area contributed by atoms with E-state index in [4.69, 9.17) is 16.3 Å². The zero-order chi connectivity index (χ0) is 19.3. The summed E-state index contributed by atoms with van der Waals surface area (Å²) in [5, 5.41) is 3.57. The van der Waals surface area contributed by atoms with Crippen LogP contribution in [0, 0.1) is 0 Å². The van der Waals surface area contributed by atoms with Crippen LogP contribution in [0.1, 0.15) is 38.7 Å². The van der Waals surface area contributed by atoms with Crippen molar-refractivity contribution in [1.82, 2.24) is 4.90 Å². The molecule has 4 nitrogen and oxygen atoms in total. The Morgan fingerprint density at radius 3 is 2.30 bits per heavy atom. The minimum absolute atomic E-state index is 0.193. The summed E-state index contributed by atoms with van der Waals surface area (Å²) in [6, 6.07) is 15.1. The van der Waals surface area contributed by atoms with Gasteiger partial charge < -0.3 is 10.1 Å². The molecule has 5 heteroatoms. The van der Waals surface area contributed by atoms with Gasteiger partial charge in [0, 0.05) is 17.3 Å². The van der Waals surface area contributed by atoms with Gasteiger partial charge in [-0.15, -0.1) is 0 Å². The van der Waals surface area contributed by atoms with E-state index in [0.29, 0.717) is 10.8 Å². The highest BCUT2D eigenvalue weighted by atomic mass is 35.5. The lowest BCUT2D eigenvalue weighted by Gasteiger charge is -2.27. The van der Waals surface area contributed by atoms with Crippen molar-refractivity contribution in [3.05, 3.63) is 59.1 Å². The largest absolute Gasteiger partial charge is 0.478 e. The molecule has 2 aromatic carbocycles. The van der Waals surface area contributed by atoms with Gasteiger partial charge in [0.15, 0.2) is 5.60 Å². The molecule has 27 heavy (non-hydrogen) atoms. The predicted octanol–water partition coefficient (Wildman–Crippen LogP) is 5.12. The first-order valence-corrected chi connectivity index (χ1v) is 9.87. The van der Waals surface area contributed by atoms with Gasteiger partial charge in [-0.05, 0) is 81.7 Å². The van der Waals surface area contributed by atoms with E-state index >= 15 is 0 Å². The van der Waals surface area contributed by atoms with E-state index in [0.717, 1.165) is 12.2 Å². The molecular formula is C22H27ClN2O2. The summed E-state index contributed by atoms with van der Waals surface area (Å²) >= 11 is 5.89. The predicted molar refractivity (Wildman–Crippen MR) is 110 cm³/mol. The van der Waals surface area contributed by atoms with E-state index in [1.165, 1.54) is 37.9 Å². The maximum Gasteiger partial charge on any atom is 0.267 e. The molecule has 0 spiro atoms. The standard InChI is InChI=1S/C22H27ClN2O2/c1-22(2,27-20-12-8-18(23)9-13-20)21(26)24-19-10-6-17(7-11-19)16-25-14-4-3-5-15-25/h6-13H,3-5,14-16H2,1-2H3,(H,24,26). The van der Waals surface area contributed by atoms with Crippen molar-refractivity contribution in [3.63, 3.8) is 0 Å². The number of hydrogen-bond donors (Lipinski definition) is 1. The number of anilines is 1. The third kappa shape index (κ3) is 5.72. The van der Waals surface area contributed by atoms with Gasteiger partial charge in [0.05, 0.1) is 0 Å². The van der Waals surface area contributed by atoms with Crippen molar-refractivity contribution in [2.45, 2.75) is 45.3 Å². The summed E-state index contributed by atoms with van der Waals surface area (Å²) in [5.41, 5.74) is 1.04. The Bertz CT molecular complexity index is 751. The maximum atomic E-state index is 12.6. The van der Waals surface area contributed by atoms with Gasteiger partial charge in [-0.25, -0.2) is 0 Å². The van der Waals surface area contributed by atoms with E-state index in [-0.39, 0.29) is 5.91 Å². The zero-order valence-corrected chi connectivity index (χ0v) is 16.8. The van der Waals surface area contributed by atoms with Crippen LogP contribution < -0.4 is 10.1 Å². The van der Waals surface area contributed by atoms with Gasteiger partial charge >= 0.3 is 0 Å². The van der Waals surface area contributed by atoms with Gasteiger partial charge in [-0.3, -0.25) is 9.69 Å². The number of hydrogen-bond acceptors (Lipinski definition) is 3. The molecule has 1 saturated heterocycles. The molecule has 1 N–H and O–H groups in total. The zero-order valence-electron chi connectivity index (χ0n) is 16.0. The Hall–Kier alpha value is -2.04. The molecule has 1 aliphatic heterocycles. The molecule has 0 bridgehead atoms. The second-order valence-corrected chi connectivity index (χ2v) is 7.99. The average molecular weight is 387 g/mol. The van der Waals surface area contributed by atoms with Crippen LogP contribution in [0.5, 0.6) is 5.75 Å². The first kappa shape index (κ1) is 19.7. The summed E-state index contributed by atoms with van der Waals surface area (Å²) < 4.78 is 5.84. The van der Waals surface area contributed by atoms with E-state index in [9.17, 15) is 4.79 Å². The number of carbonyl (C=O) groups excluding carboxylic acids is 1. The summed E-state index contributed by atoms with van der Waals surface area (Å²) in [6.07, 6.45) is 3.92. The molecule has 1 fully saturated rings. The fourth-order valence-electron chi connectivity index (χ4n) is 3.19. The Balaban J connectivity index is 1.56. The average Bonchev–Trinajstić information content (AvgIpc) is 2.66. The Morgan fingerprint density at radius 2 is 1.67 bits per heavy atom. The summed E-state index contributed by atoms with van der Waals surface area (Å²) in [7, 11) is 0. The molecule has 3 rings (SSSR count). The van der Waals surface area contributed by atoms with Crippen LogP contribution in [0.4, 0.5) is 5.69 Å². The monoisotopic (exact) mass is 386 g/mol. The molecular weight excluding hydrogens is 360 g/mol. The van der Waals surface area contributed by atoms with Crippen LogP contribution >= 0.6 is 11.6 Å². The molecule has 0 aromatic heterocycles. The summed E-state index contributed by atoms with van der Waals surface area (Å²) in [6.45, 7) is 6.83. The van der Waals surface area contributed by atoms with Crippen molar-refractivity contribution >= 4 is 23.2 Å². The molecule has 0 saturated carbocycles. The van der Waals surface area contributed by atoms with Crippen LogP contribution in [0.25, 0.3) is 0 Å². The smallest absolute Gasteiger partial charge is 0.267 e. The van der Waals surface area contributed by atoms with Gasteiger partial charge in [0.25, 0.3) is 5.91 Å². The number of rotatable bonds is 6. The molecule has 0 radical (unpaired) electrons. The van der Waals surface area contributed by atoms with Crippen molar-refractivity contribution in [2.75, 3.05) is 18.4 Å². The molecule has 1 aliphatic rings. The number of halogens is 1. The lowest BCUT2D eigenvalue weighted by Crippen LogP contribution is -2.42. The van der Waals surface area contributed by atoms with Crippen LogP contribution in [0.2, 0.25) is 5.02 Å². The van der Waals surface area contributed by atoms with E-state index < -0.39 is 5.60 Å². The van der Waals surface area contributed by atoms with E-state index in [2.05, 4.69) is 22.3 Å². The molecule has 2 aromatic rings. The number of nitrogens with zero attached hydrogens (tertiary/aromatic N) is 1. The van der Waals surface area contributed by atoms with Crippen molar-refractivity contribution in [2.24, 2.45) is 0 Å². The lowest BCUT2D eigenvalue weighted by atomic mass is 10.1. The highest BCUT2D eigenvalue weighted by Crippen LogP contribution is 2.22. The first-order chi connectivity index (χ1) is 12.9. The van der Waals surface area contributed by atoms with E-state index in [1.54, 1.807) is 38.1 Å². The summed E-state index contributed by atoms with van der Waals surface area (Å²) in [4.78, 5) is 15.1. The minimum Gasteiger partial charge on any atom is -0.478 e. The van der Waals surface area contributed by atoms with Crippen LogP contribution in [-0.4, -0.2) is 29.5 Å². The van der Waals surface area contributed by atoms with Crippen molar-refractivity contribution < 1.29 is 9.53 Å². The fourth-order valence-corrected chi connectivity index (χ4v) is 3.32. The van der Waals surface area contributed by atoms with Gasteiger partial charge in [-0.2, -0.15) is 0 Å². The SMILES string of the molecule is CC(C)(Oc1ccc(Cl)cc1)C(=O)Nc1ccc(CN2CCCCC2)cc1. The van der Waals surface area contributed by atoms with Crippen LogP contribution in [0.15, 0.2) is 48.5 Å². The normalized spacial score (nSPS) is 15.4. The first-order valence-electron chi connectivity index (χ1n) is 9.50. The third-order valence-electron chi connectivity index (χ3n) is 4.80. The second-order valence-electron chi connectivity index (χ2n) is 7.55. The minimum atomic E-state index is -1.000. The molecule has 0 atom stereocenters. The van der Waals surface area contributed by atoms with Crippen molar-refractivity contribution in [3.8, 4) is 5.75 Å². The lowest BCUT2D eigenvalue weighted by molar-refractivity contribution is -0.128. The molecule has 0 aliphatic carbocycles. The molecule has 1 heterocycles. The number of carbonyl (C=O) groups is 1. The number of ether oxygens (including phenoxy) is 1.